The number of nitrogens with two attached hydrogens (primary N) is 1. The summed E-state index contributed by atoms with van der Waals surface area (Å²) in [5.74, 6) is -0.408. The molecule has 0 aliphatic carbocycles. The number of allylic oxidation sites excluding steroid dienone is 6. The van der Waals surface area contributed by atoms with Crippen molar-refractivity contribution in [2.75, 3.05) is 26.4 Å². The highest BCUT2D eigenvalue weighted by molar-refractivity contribution is 7.47. The van der Waals surface area contributed by atoms with Crippen LogP contribution in [-0.2, 0) is 23.1 Å². The predicted octanol–water partition coefficient (Wildman–Crippen LogP) is 4.57. The highest BCUT2D eigenvalue weighted by Gasteiger charge is 2.22. The quantitative estimate of drug-likeness (QED) is 0.0953. The number of rotatable bonds is 21. The minimum absolute atomic E-state index is 0.0695. The van der Waals surface area contributed by atoms with Crippen LogP contribution in [0.25, 0.3) is 0 Å². The molecular formula is C23H42NO7P. The molecule has 0 heterocycles. The number of esters is 1. The fourth-order valence-electron chi connectivity index (χ4n) is 2.56. The Balaban J connectivity index is 3.60. The Morgan fingerprint density at radius 3 is 2.22 bits per heavy atom. The molecular weight excluding hydrogens is 433 g/mol. The van der Waals surface area contributed by atoms with E-state index >= 15 is 0 Å². The first-order valence-electron chi connectivity index (χ1n) is 11.5. The summed E-state index contributed by atoms with van der Waals surface area (Å²) in [5.41, 5.74) is 5.16. The van der Waals surface area contributed by atoms with Crippen LogP contribution in [0.2, 0.25) is 0 Å². The topological polar surface area (TPSA) is 128 Å². The molecule has 0 aliphatic rings. The van der Waals surface area contributed by atoms with Crippen LogP contribution in [0.4, 0.5) is 0 Å². The highest BCUT2D eigenvalue weighted by atomic mass is 31.2. The van der Waals surface area contributed by atoms with Crippen molar-refractivity contribution < 1.29 is 33.1 Å². The van der Waals surface area contributed by atoms with Gasteiger partial charge in [0.1, 0.15) is 12.7 Å². The Hall–Kier alpha value is -1.28. The lowest BCUT2D eigenvalue weighted by Crippen LogP contribution is -2.23. The van der Waals surface area contributed by atoms with Gasteiger partial charge in [0, 0.05) is 13.0 Å². The molecule has 4 N–H and O–H groups in total. The number of phosphoric ester groups is 1. The fraction of sp³-hybridized carbons (Fsp3) is 0.696. The first-order valence-corrected chi connectivity index (χ1v) is 13.0. The van der Waals surface area contributed by atoms with Gasteiger partial charge in [-0.1, -0.05) is 75.5 Å². The normalized spacial score (nSPS) is 15.0. The molecule has 0 aromatic heterocycles. The Bertz CT molecular complexity index is 593. The van der Waals surface area contributed by atoms with Crippen molar-refractivity contribution >= 4 is 13.8 Å². The first kappa shape index (κ1) is 30.7. The number of hydrogen-bond donors (Lipinski definition) is 3. The van der Waals surface area contributed by atoms with Crippen molar-refractivity contribution in [1.29, 1.82) is 0 Å². The minimum Gasteiger partial charge on any atom is -0.463 e. The number of aliphatic hydroxyl groups excluding tert-OH is 1. The van der Waals surface area contributed by atoms with Gasteiger partial charge in [0.05, 0.1) is 13.2 Å². The third-order valence-electron chi connectivity index (χ3n) is 4.32. The molecule has 0 bridgehead atoms. The zero-order valence-corrected chi connectivity index (χ0v) is 20.3. The van der Waals surface area contributed by atoms with E-state index in [1.54, 1.807) is 0 Å². The van der Waals surface area contributed by atoms with Gasteiger partial charge in [0.2, 0.25) is 0 Å². The molecule has 0 aromatic carbocycles. The average Bonchev–Trinajstić information content (AvgIpc) is 2.77. The Kier molecular flexibility index (Phi) is 20.7. The van der Waals surface area contributed by atoms with E-state index in [0.29, 0.717) is 0 Å². The summed E-state index contributed by atoms with van der Waals surface area (Å²) in [7, 11) is -4.25. The van der Waals surface area contributed by atoms with Crippen LogP contribution in [0.5, 0.6) is 0 Å². The van der Waals surface area contributed by atoms with E-state index in [4.69, 9.17) is 10.5 Å². The standard InChI is InChI=1S/C23H42NO7P/c1-2-3-4-5-6-7-8-9-10-11-12-13-14-15-16-17-23(26)29-20-22(25)21-31-32(27,28)30-19-18-24/h5-10,22,25H,2-4,11-21,24H2,1H3,(H,27,28)/b6-5+,8-7+,10-9-. The maximum Gasteiger partial charge on any atom is 0.472 e. The van der Waals surface area contributed by atoms with Crippen LogP contribution in [0.15, 0.2) is 36.5 Å². The van der Waals surface area contributed by atoms with Crippen LogP contribution in [0, 0.1) is 0 Å². The van der Waals surface area contributed by atoms with Gasteiger partial charge < -0.3 is 20.5 Å². The molecule has 0 aliphatic heterocycles. The van der Waals surface area contributed by atoms with E-state index in [2.05, 4.69) is 52.4 Å². The van der Waals surface area contributed by atoms with Gasteiger partial charge >= 0.3 is 13.8 Å². The maximum absolute atomic E-state index is 11.7. The summed E-state index contributed by atoms with van der Waals surface area (Å²) < 4.78 is 25.5. The third kappa shape index (κ3) is 21.9. The molecule has 0 saturated heterocycles. The summed E-state index contributed by atoms with van der Waals surface area (Å²) >= 11 is 0. The lowest BCUT2D eigenvalue weighted by molar-refractivity contribution is -0.147. The molecule has 186 valence electrons. The molecule has 0 amide bonds. The summed E-state index contributed by atoms with van der Waals surface area (Å²) in [5, 5.41) is 9.66. The van der Waals surface area contributed by atoms with E-state index in [9.17, 15) is 19.4 Å². The second-order valence-electron chi connectivity index (χ2n) is 7.41. The molecule has 0 radical (unpaired) electrons. The smallest absolute Gasteiger partial charge is 0.463 e. The number of aliphatic hydroxyl groups is 1. The minimum atomic E-state index is -4.25. The predicted molar refractivity (Wildman–Crippen MR) is 127 cm³/mol. The SMILES string of the molecule is CCCC/C=C/C=C/C=C\CCCCCCCC(=O)OCC(O)COP(=O)(O)OCCN. The summed E-state index contributed by atoms with van der Waals surface area (Å²) in [6.45, 7) is 1.34. The van der Waals surface area contributed by atoms with E-state index in [1.165, 1.54) is 12.8 Å². The Morgan fingerprint density at radius 2 is 1.56 bits per heavy atom. The summed E-state index contributed by atoms with van der Waals surface area (Å²) in [6, 6.07) is 0. The van der Waals surface area contributed by atoms with Gasteiger partial charge in [-0.3, -0.25) is 13.8 Å². The van der Waals surface area contributed by atoms with Crippen LogP contribution >= 0.6 is 7.82 Å². The molecule has 0 rings (SSSR count). The van der Waals surface area contributed by atoms with Gasteiger partial charge in [-0.2, -0.15) is 0 Å². The molecule has 0 spiro atoms. The number of ether oxygens (including phenoxy) is 1. The number of hydrogen-bond acceptors (Lipinski definition) is 7. The summed E-state index contributed by atoms with van der Waals surface area (Å²) in [4.78, 5) is 21.0. The molecule has 32 heavy (non-hydrogen) atoms. The second-order valence-corrected chi connectivity index (χ2v) is 8.87. The zero-order valence-electron chi connectivity index (χ0n) is 19.4. The monoisotopic (exact) mass is 475 g/mol. The average molecular weight is 476 g/mol. The van der Waals surface area contributed by atoms with Gasteiger partial charge in [-0.25, -0.2) is 4.57 Å². The second kappa shape index (κ2) is 21.6. The highest BCUT2D eigenvalue weighted by Crippen LogP contribution is 2.42. The van der Waals surface area contributed by atoms with Gasteiger partial charge in [-0.15, -0.1) is 0 Å². The molecule has 8 nitrogen and oxygen atoms in total. The number of carbonyl (C=O) groups is 1. The van der Waals surface area contributed by atoms with Crippen molar-refractivity contribution in [1.82, 2.24) is 0 Å². The molecule has 2 atom stereocenters. The van der Waals surface area contributed by atoms with Gasteiger partial charge in [-0.05, 0) is 25.7 Å². The van der Waals surface area contributed by atoms with E-state index in [1.807, 2.05) is 0 Å². The lowest BCUT2D eigenvalue weighted by Gasteiger charge is -2.15. The van der Waals surface area contributed by atoms with Crippen LogP contribution in [0.3, 0.4) is 0 Å². The first-order chi connectivity index (χ1) is 15.4. The third-order valence-corrected chi connectivity index (χ3v) is 5.30. The van der Waals surface area contributed by atoms with E-state index in [0.717, 1.165) is 44.9 Å². The largest absolute Gasteiger partial charge is 0.472 e. The maximum atomic E-state index is 11.7. The Morgan fingerprint density at radius 1 is 0.938 bits per heavy atom. The molecule has 0 aromatic rings. The number of phosphoric acid groups is 1. The fourth-order valence-corrected chi connectivity index (χ4v) is 3.33. The van der Waals surface area contributed by atoms with Crippen LogP contribution < -0.4 is 5.73 Å². The van der Waals surface area contributed by atoms with Crippen molar-refractivity contribution in [3.63, 3.8) is 0 Å². The zero-order chi connectivity index (χ0) is 23.9. The molecule has 9 heteroatoms. The lowest BCUT2D eigenvalue weighted by atomic mass is 10.1. The number of carbonyl (C=O) groups excluding carboxylic acids is 1. The van der Waals surface area contributed by atoms with E-state index in [-0.39, 0.29) is 26.2 Å². The van der Waals surface area contributed by atoms with Crippen LogP contribution in [-0.4, -0.2) is 48.4 Å². The summed E-state index contributed by atoms with van der Waals surface area (Å²) in [6.07, 6.45) is 21.3. The van der Waals surface area contributed by atoms with Gasteiger partial charge in [0.15, 0.2) is 0 Å². The number of unbranched alkanes of at least 4 members (excludes halogenated alkanes) is 7. The van der Waals surface area contributed by atoms with Crippen LogP contribution in [0.1, 0.15) is 71.1 Å². The molecule has 2 unspecified atom stereocenters. The molecule has 0 fully saturated rings. The molecule has 0 saturated carbocycles. The van der Waals surface area contributed by atoms with Crippen molar-refractivity contribution in [3.8, 4) is 0 Å². The Labute approximate surface area is 193 Å². The van der Waals surface area contributed by atoms with Crippen molar-refractivity contribution in [2.24, 2.45) is 5.73 Å². The van der Waals surface area contributed by atoms with Crippen molar-refractivity contribution in [3.05, 3.63) is 36.5 Å². The van der Waals surface area contributed by atoms with Crippen molar-refractivity contribution in [2.45, 2.75) is 77.2 Å². The van der Waals surface area contributed by atoms with E-state index < -0.39 is 26.5 Å². The van der Waals surface area contributed by atoms with Gasteiger partial charge in [0.25, 0.3) is 0 Å².